The summed E-state index contributed by atoms with van der Waals surface area (Å²) in [5.41, 5.74) is -0.0307. The van der Waals surface area contributed by atoms with Crippen LogP contribution in [-0.4, -0.2) is 22.5 Å². The summed E-state index contributed by atoms with van der Waals surface area (Å²) in [5, 5.41) is 7.16. The second-order valence-corrected chi connectivity index (χ2v) is 6.89. The Hall–Kier alpha value is -1.10. The molecule has 1 saturated carbocycles. The second kappa shape index (κ2) is 5.26. The van der Waals surface area contributed by atoms with Crippen LogP contribution in [0.5, 0.6) is 0 Å². The van der Waals surface area contributed by atoms with Crippen LogP contribution in [0.1, 0.15) is 56.1 Å². The summed E-state index contributed by atoms with van der Waals surface area (Å²) in [5.74, 6) is 0.0151. The first-order valence-electron chi connectivity index (χ1n) is 6.49. The summed E-state index contributed by atoms with van der Waals surface area (Å²) in [6, 6.07) is 0.360. The molecule has 1 heterocycles. The highest BCUT2D eigenvalue weighted by molar-refractivity contribution is 7.17. The lowest BCUT2D eigenvalue weighted by Gasteiger charge is -2.19. The molecular weight excluding hydrogens is 246 g/mol. The van der Waals surface area contributed by atoms with Crippen LogP contribution in [0.25, 0.3) is 0 Å². The number of hydrogen-bond donors (Lipinski definition) is 2. The molecule has 18 heavy (non-hydrogen) atoms. The van der Waals surface area contributed by atoms with E-state index in [0.717, 1.165) is 18.0 Å². The van der Waals surface area contributed by atoms with Crippen molar-refractivity contribution >= 4 is 22.4 Å². The zero-order chi connectivity index (χ0) is 13.2. The first kappa shape index (κ1) is 13.3. The second-order valence-electron chi connectivity index (χ2n) is 5.86. The van der Waals surface area contributed by atoms with Gasteiger partial charge in [-0.3, -0.25) is 4.79 Å². The summed E-state index contributed by atoms with van der Waals surface area (Å²) >= 11 is 1.42. The SMILES string of the molecule is CC(C)(C)Nc1ncc(C(=O)NC2CCCC2)s1. The highest BCUT2D eigenvalue weighted by atomic mass is 32.1. The summed E-state index contributed by atoms with van der Waals surface area (Å²) in [4.78, 5) is 16.9. The van der Waals surface area contributed by atoms with Gasteiger partial charge in [-0.05, 0) is 33.6 Å². The van der Waals surface area contributed by atoms with Crippen molar-refractivity contribution in [2.24, 2.45) is 0 Å². The Morgan fingerprint density at radius 1 is 1.39 bits per heavy atom. The van der Waals surface area contributed by atoms with Crippen molar-refractivity contribution in [3.63, 3.8) is 0 Å². The number of hydrogen-bond acceptors (Lipinski definition) is 4. The summed E-state index contributed by atoms with van der Waals surface area (Å²) in [7, 11) is 0. The average Bonchev–Trinajstić information content (AvgIpc) is 2.86. The molecule has 0 spiro atoms. The molecule has 1 aliphatic carbocycles. The van der Waals surface area contributed by atoms with E-state index in [-0.39, 0.29) is 11.4 Å². The van der Waals surface area contributed by atoms with Crippen LogP contribution in [0.4, 0.5) is 5.13 Å². The van der Waals surface area contributed by atoms with Gasteiger partial charge in [0.1, 0.15) is 4.88 Å². The van der Waals surface area contributed by atoms with E-state index in [9.17, 15) is 4.79 Å². The molecule has 1 fully saturated rings. The molecule has 5 heteroatoms. The van der Waals surface area contributed by atoms with E-state index in [0.29, 0.717) is 10.9 Å². The Labute approximate surface area is 112 Å². The Bertz CT molecular complexity index is 416. The van der Waals surface area contributed by atoms with Crippen LogP contribution in [0, 0.1) is 0 Å². The van der Waals surface area contributed by atoms with E-state index < -0.39 is 0 Å². The van der Waals surface area contributed by atoms with Gasteiger partial charge < -0.3 is 10.6 Å². The van der Waals surface area contributed by atoms with Crippen molar-refractivity contribution in [1.82, 2.24) is 10.3 Å². The molecule has 2 rings (SSSR count). The van der Waals surface area contributed by atoms with Crippen LogP contribution in [0.3, 0.4) is 0 Å². The van der Waals surface area contributed by atoms with Crippen molar-refractivity contribution in [3.05, 3.63) is 11.1 Å². The highest BCUT2D eigenvalue weighted by Crippen LogP contribution is 2.23. The standard InChI is InChI=1S/C13H21N3OS/c1-13(2,3)16-12-14-8-10(18-12)11(17)15-9-6-4-5-7-9/h8-9H,4-7H2,1-3H3,(H,14,16)(H,15,17). The minimum absolute atomic E-state index is 0.0151. The molecule has 1 aliphatic rings. The summed E-state index contributed by atoms with van der Waals surface area (Å²) in [6.07, 6.45) is 6.33. The quantitative estimate of drug-likeness (QED) is 0.885. The number of rotatable bonds is 3. The van der Waals surface area contributed by atoms with Crippen molar-refractivity contribution in [2.75, 3.05) is 5.32 Å². The summed E-state index contributed by atoms with van der Waals surface area (Å²) in [6.45, 7) is 6.23. The van der Waals surface area contributed by atoms with E-state index in [1.165, 1.54) is 24.2 Å². The fourth-order valence-corrected chi connectivity index (χ4v) is 3.01. The third kappa shape index (κ3) is 3.70. The first-order valence-corrected chi connectivity index (χ1v) is 7.30. The Balaban J connectivity index is 1.94. The van der Waals surface area contributed by atoms with Gasteiger partial charge in [0.05, 0.1) is 6.20 Å². The number of aromatic nitrogens is 1. The largest absolute Gasteiger partial charge is 0.357 e. The first-order chi connectivity index (χ1) is 8.44. The third-order valence-electron chi connectivity index (χ3n) is 2.90. The van der Waals surface area contributed by atoms with Gasteiger partial charge in [-0.1, -0.05) is 24.2 Å². The lowest BCUT2D eigenvalue weighted by molar-refractivity contribution is 0.0942. The van der Waals surface area contributed by atoms with Crippen molar-refractivity contribution in [2.45, 2.75) is 58.0 Å². The van der Waals surface area contributed by atoms with Crippen LogP contribution in [0.2, 0.25) is 0 Å². The maximum Gasteiger partial charge on any atom is 0.263 e. The fourth-order valence-electron chi connectivity index (χ4n) is 2.08. The normalized spacial score (nSPS) is 16.8. The lowest BCUT2D eigenvalue weighted by atomic mass is 10.1. The number of carbonyl (C=O) groups excluding carboxylic acids is 1. The molecule has 0 unspecified atom stereocenters. The minimum atomic E-state index is -0.0307. The predicted molar refractivity (Wildman–Crippen MR) is 75.2 cm³/mol. The number of anilines is 1. The lowest BCUT2D eigenvalue weighted by Crippen LogP contribution is -2.32. The van der Waals surface area contributed by atoms with Crippen LogP contribution >= 0.6 is 11.3 Å². The van der Waals surface area contributed by atoms with E-state index in [4.69, 9.17) is 0 Å². The third-order valence-corrected chi connectivity index (χ3v) is 3.81. The Morgan fingerprint density at radius 2 is 2.06 bits per heavy atom. The monoisotopic (exact) mass is 267 g/mol. The van der Waals surface area contributed by atoms with E-state index in [2.05, 4.69) is 36.4 Å². The molecule has 1 aromatic heterocycles. The molecule has 0 saturated heterocycles. The number of carbonyl (C=O) groups is 1. The molecule has 0 aromatic carbocycles. The van der Waals surface area contributed by atoms with Crippen LogP contribution in [0.15, 0.2) is 6.20 Å². The molecule has 1 amide bonds. The van der Waals surface area contributed by atoms with E-state index in [1.807, 2.05) is 0 Å². The maximum absolute atomic E-state index is 12.0. The number of nitrogens with zero attached hydrogens (tertiary/aromatic N) is 1. The minimum Gasteiger partial charge on any atom is -0.357 e. The highest BCUT2D eigenvalue weighted by Gasteiger charge is 2.20. The van der Waals surface area contributed by atoms with E-state index >= 15 is 0 Å². The molecule has 0 atom stereocenters. The molecule has 4 nitrogen and oxygen atoms in total. The average molecular weight is 267 g/mol. The van der Waals surface area contributed by atoms with Gasteiger partial charge in [-0.25, -0.2) is 4.98 Å². The topological polar surface area (TPSA) is 54.0 Å². The van der Waals surface area contributed by atoms with Gasteiger partial charge in [0.2, 0.25) is 0 Å². The van der Waals surface area contributed by atoms with Gasteiger partial charge in [0.25, 0.3) is 5.91 Å². The Kier molecular flexibility index (Phi) is 3.90. The molecular formula is C13H21N3OS. The zero-order valence-corrected chi connectivity index (χ0v) is 12.1. The number of amides is 1. The molecule has 1 aromatic rings. The molecule has 100 valence electrons. The van der Waals surface area contributed by atoms with Crippen molar-refractivity contribution in [3.8, 4) is 0 Å². The number of thiazole rings is 1. The van der Waals surface area contributed by atoms with Crippen molar-refractivity contribution in [1.29, 1.82) is 0 Å². The zero-order valence-electron chi connectivity index (χ0n) is 11.2. The van der Waals surface area contributed by atoms with Gasteiger partial charge in [-0.2, -0.15) is 0 Å². The predicted octanol–water partition coefficient (Wildman–Crippen LogP) is 3.03. The van der Waals surface area contributed by atoms with Gasteiger partial charge >= 0.3 is 0 Å². The van der Waals surface area contributed by atoms with Gasteiger partial charge in [-0.15, -0.1) is 0 Å². The fraction of sp³-hybridized carbons (Fsp3) is 0.692. The van der Waals surface area contributed by atoms with Gasteiger partial charge in [0.15, 0.2) is 5.13 Å². The summed E-state index contributed by atoms with van der Waals surface area (Å²) < 4.78 is 0. The van der Waals surface area contributed by atoms with Crippen LogP contribution < -0.4 is 10.6 Å². The molecule has 0 bridgehead atoms. The van der Waals surface area contributed by atoms with Gasteiger partial charge in [0, 0.05) is 11.6 Å². The molecule has 2 N–H and O–H groups in total. The molecule has 0 radical (unpaired) electrons. The van der Waals surface area contributed by atoms with Crippen molar-refractivity contribution < 1.29 is 4.79 Å². The number of nitrogens with one attached hydrogen (secondary N) is 2. The maximum atomic E-state index is 12.0. The van der Waals surface area contributed by atoms with Crippen LogP contribution in [-0.2, 0) is 0 Å². The smallest absolute Gasteiger partial charge is 0.263 e. The Morgan fingerprint density at radius 3 is 2.67 bits per heavy atom. The molecule has 0 aliphatic heterocycles. The van der Waals surface area contributed by atoms with E-state index in [1.54, 1.807) is 6.20 Å².